The fourth-order valence-electron chi connectivity index (χ4n) is 4.06. The lowest BCUT2D eigenvalue weighted by Crippen LogP contribution is -2.30. The topological polar surface area (TPSA) is 90.5 Å². The molecule has 2 atom stereocenters. The molecule has 28 heavy (non-hydrogen) atoms. The third-order valence-corrected chi connectivity index (χ3v) is 5.45. The Balaban J connectivity index is 1.60. The maximum Gasteiger partial charge on any atom is 0.224 e. The van der Waals surface area contributed by atoms with E-state index in [9.17, 15) is 9.59 Å². The lowest BCUT2D eigenvalue weighted by Gasteiger charge is -2.16. The number of Topliss-reactive ketones (excluding diaryl/α,β-unsaturated/α-hetero) is 1. The van der Waals surface area contributed by atoms with Gasteiger partial charge in [-0.05, 0) is 27.7 Å². The summed E-state index contributed by atoms with van der Waals surface area (Å²) in [6.45, 7) is 8.78. The van der Waals surface area contributed by atoms with Gasteiger partial charge in [-0.2, -0.15) is 5.10 Å². The van der Waals surface area contributed by atoms with Crippen molar-refractivity contribution in [2.45, 2.75) is 53.2 Å². The number of aryl methyl sites for hydroxylation is 3. The van der Waals surface area contributed by atoms with E-state index in [0.29, 0.717) is 43.7 Å². The molecule has 1 aliphatic rings. The highest BCUT2D eigenvalue weighted by atomic mass is 16.5. The molecule has 0 spiro atoms. The summed E-state index contributed by atoms with van der Waals surface area (Å²) in [5, 5.41) is 8.34. The molecule has 1 fully saturated rings. The highest BCUT2D eigenvalue weighted by molar-refractivity contribution is 5.96. The summed E-state index contributed by atoms with van der Waals surface area (Å²) in [7, 11) is 1.68. The lowest BCUT2D eigenvalue weighted by atomic mass is 10.0. The summed E-state index contributed by atoms with van der Waals surface area (Å²) < 4.78 is 12.7. The van der Waals surface area contributed by atoms with Crippen molar-refractivity contribution in [3.8, 4) is 0 Å². The third kappa shape index (κ3) is 4.16. The van der Waals surface area contributed by atoms with Crippen LogP contribution in [0.3, 0.4) is 0 Å². The van der Waals surface area contributed by atoms with E-state index in [1.165, 1.54) is 6.92 Å². The van der Waals surface area contributed by atoms with E-state index in [4.69, 9.17) is 9.26 Å². The smallest absolute Gasteiger partial charge is 0.224 e. The van der Waals surface area contributed by atoms with Crippen LogP contribution in [0.25, 0.3) is 0 Å². The second-order valence-corrected chi connectivity index (χ2v) is 7.55. The first-order valence-electron chi connectivity index (χ1n) is 9.57. The first-order chi connectivity index (χ1) is 13.3. The Kier molecular flexibility index (Phi) is 5.98. The molecule has 0 aliphatic carbocycles. The maximum absolute atomic E-state index is 12.7. The molecule has 3 heterocycles. The summed E-state index contributed by atoms with van der Waals surface area (Å²) >= 11 is 0. The number of rotatable bonds is 7. The number of hydrogen-bond acceptors (Lipinski definition) is 6. The number of ketones is 1. The molecule has 0 unspecified atom stereocenters. The quantitative estimate of drug-likeness (QED) is 0.675. The predicted octanol–water partition coefficient (Wildman–Crippen LogP) is 2.11. The zero-order valence-corrected chi connectivity index (χ0v) is 17.2. The van der Waals surface area contributed by atoms with E-state index in [-0.39, 0.29) is 23.7 Å². The summed E-state index contributed by atoms with van der Waals surface area (Å²) in [6, 6.07) is 1.92. The minimum absolute atomic E-state index is 0.000510. The first kappa shape index (κ1) is 20.3. The predicted molar refractivity (Wildman–Crippen MR) is 102 cm³/mol. The number of carbonyl (C=O) groups excluding carboxylic acids is 2. The fraction of sp³-hybridized carbons (Fsp3) is 0.600. The van der Waals surface area contributed by atoms with Gasteiger partial charge in [0.15, 0.2) is 5.78 Å². The number of aromatic nitrogens is 3. The monoisotopic (exact) mass is 388 g/mol. The van der Waals surface area contributed by atoms with E-state index < -0.39 is 0 Å². The van der Waals surface area contributed by atoms with Crippen molar-refractivity contribution in [2.24, 2.45) is 5.92 Å². The lowest BCUT2D eigenvalue weighted by molar-refractivity contribution is -0.130. The molecular weight excluding hydrogens is 360 g/mol. The first-order valence-corrected chi connectivity index (χ1v) is 9.57. The van der Waals surface area contributed by atoms with E-state index in [2.05, 4.69) is 10.3 Å². The summed E-state index contributed by atoms with van der Waals surface area (Å²) in [5.41, 5.74) is 3.02. The van der Waals surface area contributed by atoms with Crippen LogP contribution in [-0.4, -0.2) is 57.8 Å². The zero-order chi connectivity index (χ0) is 20.4. The second-order valence-electron chi connectivity index (χ2n) is 7.55. The van der Waals surface area contributed by atoms with Gasteiger partial charge in [-0.1, -0.05) is 5.16 Å². The maximum atomic E-state index is 12.7. The number of nitrogens with zero attached hydrogens (tertiary/aromatic N) is 4. The van der Waals surface area contributed by atoms with Gasteiger partial charge in [0.2, 0.25) is 5.91 Å². The molecule has 0 N–H and O–H groups in total. The van der Waals surface area contributed by atoms with E-state index in [1.54, 1.807) is 11.8 Å². The molecule has 8 nitrogen and oxygen atoms in total. The number of amides is 1. The van der Waals surface area contributed by atoms with Crippen molar-refractivity contribution in [2.75, 3.05) is 20.2 Å². The minimum Gasteiger partial charge on any atom is -0.379 e. The highest BCUT2D eigenvalue weighted by Gasteiger charge is 2.36. The number of methoxy groups -OCH3 is 1. The van der Waals surface area contributed by atoms with Gasteiger partial charge < -0.3 is 14.2 Å². The van der Waals surface area contributed by atoms with Gasteiger partial charge in [-0.3, -0.25) is 14.3 Å². The molecule has 1 aliphatic heterocycles. The molecule has 2 aromatic rings. The number of carbonyl (C=O) groups is 2. The Morgan fingerprint density at radius 3 is 2.61 bits per heavy atom. The Morgan fingerprint density at radius 2 is 2.04 bits per heavy atom. The normalized spacial score (nSPS) is 19.4. The summed E-state index contributed by atoms with van der Waals surface area (Å²) in [5.74, 6) is 1.06. The van der Waals surface area contributed by atoms with Gasteiger partial charge in [0, 0.05) is 57.3 Å². The molecule has 8 heteroatoms. The van der Waals surface area contributed by atoms with Crippen LogP contribution in [0, 0.1) is 26.7 Å². The van der Waals surface area contributed by atoms with Crippen molar-refractivity contribution in [1.82, 2.24) is 19.8 Å². The second kappa shape index (κ2) is 8.26. The summed E-state index contributed by atoms with van der Waals surface area (Å²) in [6.07, 6.45) is 1.01. The van der Waals surface area contributed by atoms with Crippen molar-refractivity contribution >= 4 is 11.7 Å². The van der Waals surface area contributed by atoms with Gasteiger partial charge in [-0.25, -0.2) is 0 Å². The average molecular weight is 388 g/mol. The van der Waals surface area contributed by atoms with Crippen LogP contribution >= 0.6 is 0 Å². The number of hydrogen-bond donors (Lipinski definition) is 0. The van der Waals surface area contributed by atoms with Crippen LogP contribution in [0.15, 0.2) is 10.6 Å². The molecule has 3 rings (SSSR count). The Labute approximate surface area is 164 Å². The van der Waals surface area contributed by atoms with Gasteiger partial charge in [-0.15, -0.1) is 0 Å². The molecule has 1 saturated heterocycles. The largest absolute Gasteiger partial charge is 0.379 e. The van der Waals surface area contributed by atoms with Crippen molar-refractivity contribution in [1.29, 1.82) is 0 Å². The standard InChI is InChI=1S/C20H28N4O4/c1-12-8-17(28-22-12)9-16-10-23(11-18(16)27-5)19(26)6-7-24-14(3)20(15(4)25)13(2)21-24/h8,16,18H,6-7,9-11H2,1-5H3/t16-,18+/m1/s1. The SMILES string of the molecule is CO[C@H]1CN(C(=O)CCn2nc(C)c(C(C)=O)c2C)C[C@H]1Cc1cc(C)no1. The number of ether oxygens (including phenoxy) is 1. The van der Waals surface area contributed by atoms with Crippen LogP contribution in [-0.2, 0) is 22.5 Å². The summed E-state index contributed by atoms with van der Waals surface area (Å²) in [4.78, 5) is 26.3. The van der Waals surface area contributed by atoms with Crippen molar-refractivity contribution < 1.29 is 18.8 Å². The minimum atomic E-state index is -0.0210. The molecule has 1 amide bonds. The molecular formula is C20H28N4O4. The van der Waals surface area contributed by atoms with Crippen LogP contribution in [0.5, 0.6) is 0 Å². The van der Waals surface area contributed by atoms with E-state index in [0.717, 1.165) is 17.1 Å². The number of likely N-dealkylation sites (tertiary alicyclic amines) is 1. The third-order valence-electron chi connectivity index (χ3n) is 5.45. The van der Waals surface area contributed by atoms with Crippen LogP contribution in [0.2, 0.25) is 0 Å². The molecule has 0 radical (unpaired) electrons. The zero-order valence-electron chi connectivity index (χ0n) is 17.2. The van der Waals surface area contributed by atoms with E-state index in [1.807, 2.05) is 31.7 Å². The Bertz CT molecular complexity index is 870. The van der Waals surface area contributed by atoms with Crippen LogP contribution in [0.1, 0.15) is 46.5 Å². The molecule has 0 bridgehead atoms. The average Bonchev–Trinajstić information content (AvgIpc) is 3.31. The van der Waals surface area contributed by atoms with Crippen molar-refractivity contribution in [3.63, 3.8) is 0 Å². The molecule has 0 aromatic carbocycles. The van der Waals surface area contributed by atoms with Gasteiger partial charge in [0.1, 0.15) is 5.76 Å². The van der Waals surface area contributed by atoms with Crippen LogP contribution < -0.4 is 0 Å². The highest BCUT2D eigenvalue weighted by Crippen LogP contribution is 2.25. The molecule has 2 aromatic heterocycles. The van der Waals surface area contributed by atoms with E-state index >= 15 is 0 Å². The fourth-order valence-corrected chi connectivity index (χ4v) is 4.06. The van der Waals surface area contributed by atoms with Gasteiger partial charge in [0.25, 0.3) is 0 Å². The van der Waals surface area contributed by atoms with Gasteiger partial charge >= 0.3 is 0 Å². The van der Waals surface area contributed by atoms with Crippen LogP contribution in [0.4, 0.5) is 0 Å². The van der Waals surface area contributed by atoms with Crippen molar-refractivity contribution in [3.05, 3.63) is 34.5 Å². The Hall–Kier alpha value is -2.48. The Morgan fingerprint density at radius 1 is 1.29 bits per heavy atom. The van der Waals surface area contributed by atoms with Gasteiger partial charge in [0.05, 0.1) is 23.1 Å². The molecule has 0 saturated carbocycles. The molecule has 152 valence electrons.